The van der Waals surface area contributed by atoms with Crippen LogP contribution >= 0.6 is 15.9 Å². The van der Waals surface area contributed by atoms with Gasteiger partial charge in [-0.05, 0) is 42.3 Å². The smallest absolute Gasteiger partial charge is 0.262 e. The van der Waals surface area contributed by atoms with E-state index in [4.69, 9.17) is 0 Å². The molecule has 0 saturated carbocycles. The Labute approximate surface area is 144 Å². The molecule has 0 spiro atoms. The Morgan fingerprint density at radius 2 is 1.78 bits per heavy atom. The lowest BCUT2D eigenvalue weighted by molar-refractivity contribution is -0.119. The second kappa shape index (κ2) is 7.14. The van der Waals surface area contributed by atoms with Crippen LogP contribution in [0.1, 0.15) is 11.1 Å². The Balaban J connectivity index is 2.20. The Kier molecular flexibility index (Phi) is 5.43. The van der Waals surface area contributed by atoms with Gasteiger partial charge < -0.3 is 5.32 Å². The standard InChI is InChI=1S/C16H17BrN2O3S/c1-11-3-6-13(17)10-15(11)23(21,22)19-14-7-4-12(5-8-14)9-16(20)18-2/h3-8,10,19H,9H2,1-2H3,(H,18,20). The minimum absolute atomic E-state index is 0.0944. The minimum Gasteiger partial charge on any atom is -0.359 e. The highest BCUT2D eigenvalue weighted by molar-refractivity contribution is 9.10. The zero-order chi connectivity index (χ0) is 17.0. The molecule has 122 valence electrons. The zero-order valence-electron chi connectivity index (χ0n) is 12.8. The number of sulfonamides is 1. The monoisotopic (exact) mass is 396 g/mol. The number of amides is 1. The van der Waals surface area contributed by atoms with Crippen molar-refractivity contribution in [2.75, 3.05) is 11.8 Å². The van der Waals surface area contributed by atoms with Crippen LogP contribution in [0.3, 0.4) is 0 Å². The molecule has 0 aliphatic carbocycles. The Hall–Kier alpha value is -1.86. The summed E-state index contributed by atoms with van der Waals surface area (Å²) in [5, 5.41) is 2.54. The number of nitrogens with one attached hydrogen (secondary N) is 2. The average molecular weight is 397 g/mol. The normalized spacial score (nSPS) is 11.1. The van der Waals surface area contributed by atoms with Gasteiger partial charge in [-0.25, -0.2) is 8.42 Å². The molecule has 0 unspecified atom stereocenters. The van der Waals surface area contributed by atoms with Crippen LogP contribution in [0, 0.1) is 6.92 Å². The van der Waals surface area contributed by atoms with Gasteiger partial charge in [-0.3, -0.25) is 9.52 Å². The van der Waals surface area contributed by atoms with Crippen LogP contribution in [0.4, 0.5) is 5.69 Å². The lowest BCUT2D eigenvalue weighted by atomic mass is 10.1. The number of hydrogen-bond donors (Lipinski definition) is 2. The Morgan fingerprint density at radius 1 is 1.13 bits per heavy atom. The summed E-state index contributed by atoms with van der Waals surface area (Å²) in [6.45, 7) is 1.74. The fraction of sp³-hybridized carbons (Fsp3) is 0.188. The van der Waals surface area contributed by atoms with E-state index in [2.05, 4.69) is 26.0 Å². The van der Waals surface area contributed by atoms with Crippen molar-refractivity contribution in [2.45, 2.75) is 18.2 Å². The van der Waals surface area contributed by atoms with Gasteiger partial charge in [0.1, 0.15) is 0 Å². The number of carbonyl (C=O) groups is 1. The van der Waals surface area contributed by atoms with E-state index in [1.165, 1.54) is 0 Å². The van der Waals surface area contributed by atoms with Crippen molar-refractivity contribution >= 4 is 37.5 Å². The van der Waals surface area contributed by atoms with Crippen molar-refractivity contribution < 1.29 is 13.2 Å². The van der Waals surface area contributed by atoms with Crippen LogP contribution in [0.25, 0.3) is 0 Å². The summed E-state index contributed by atoms with van der Waals surface area (Å²) in [5.74, 6) is -0.0944. The van der Waals surface area contributed by atoms with E-state index < -0.39 is 10.0 Å². The number of anilines is 1. The molecule has 7 heteroatoms. The van der Waals surface area contributed by atoms with Crippen molar-refractivity contribution in [1.29, 1.82) is 0 Å². The average Bonchev–Trinajstić information content (AvgIpc) is 2.51. The van der Waals surface area contributed by atoms with Gasteiger partial charge in [-0.1, -0.05) is 34.1 Å². The SMILES string of the molecule is CNC(=O)Cc1ccc(NS(=O)(=O)c2cc(Br)ccc2C)cc1. The number of benzene rings is 2. The summed E-state index contributed by atoms with van der Waals surface area (Å²) < 4.78 is 28.2. The van der Waals surface area contributed by atoms with E-state index in [1.54, 1.807) is 56.4 Å². The third-order valence-electron chi connectivity index (χ3n) is 3.29. The molecule has 0 aromatic heterocycles. The Morgan fingerprint density at radius 3 is 2.39 bits per heavy atom. The van der Waals surface area contributed by atoms with E-state index >= 15 is 0 Å². The first kappa shape index (κ1) is 17.5. The van der Waals surface area contributed by atoms with Gasteiger partial charge in [0.25, 0.3) is 10.0 Å². The van der Waals surface area contributed by atoms with Gasteiger partial charge in [0.2, 0.25) is 5.91 Å². The molecule has 0 atom stereocenters. The maximum Gasteiger partial charge on any atom is 0.262 e. The molecule has 0 radical (unpaired) electrons. The van der Waals surface area contributed by atoms with Crippen molar-refractivity contribution in [3.8, 4) is 0 Å². The predicted molar refractivity (Wildman–Crippen MR) is 93.9 cm³/mol. The van der Waals surface area contributed by atoms with Crippen LogP contribution in [0.15, 0.2) is 51.8 Å². The summed E-state index contributed by atoms with van der Waals surface area (Å²) in [6.07, 6.45) is 0.258. The zero-order valence-corrected chi connectivity index (χ0v) is 15.2. The van der Waals surface area contributed by atoms with Crippen molar-refractivity contribution in [2.24, 2.45) is 0 Å². The van der Waals surface area contributed by atoms with Crippen LogP contribution in [0.5, 0.6) is 0 Å². The van der Waals surface area contributed by atoms with Crippen LogP contribution in [-0.4, -0.2) is 21.4 Å². The molecule has 0 aliphatic rings. The van der Waals surface area contributed by atoms with Gasteiger partial charge in [0, 0.05) is 17.2 Å². The first-order valence-electron chi connectivity index (χ1n) is 6.90. The molecule has 2 aromatic carbocycles. The molecule has 0 aliphatic heterocycles. The first-order valence-corrected chi connectivity index (χ1v) is 9.18. The fourth-order valence-corrected chi connectivity index (χ4v) is 3.88. The molecule has 5 nitrogen and oxygen atoms in total. The quantitative estimate of drug-likeness (QED) is 0.815. The molecular formula is C16H17BrN2O3S. The van der Waals surface area contributed by atoms with Gasteiger partial charge >= 0.3 is 0 Å². The van der Waals surface area contributed by atoms with Crippen LogP contribution in [0.2, 0.25) is 0 Å². The molecule has 0 bridgehead atoms. The Bertz CT molecular complexity index is 818. The predicted octanol–water partition coefficient (Wildman–Crippen LogP) is 2.85. The summed E-state index contributed by atoms with van der Waals surface area (Å²) in [7, 11) is -2.09. The largest absolute Gasteiger partial charge is 0.359 e. The number of halogens is 1. The number of hydrogen-bond acceptors (Lipinski definition) is 3. The van der Waals surface area contributed by atoms with Gasteiger partial charge in [-0.15, -0.1) is 0 Å². The fourth-order valence-electron chi connectivity index (χ4n) is 2.04. The topological polar surface area (TPSA) is 75.3 Å². The van der Waals surface area contributed by atoms with E-state index in [-0.39, 0.29) is 17.2 Å². The molecule has 0 fully saturated rings. The second-order valence-corrected chi connectivity index (χ2v) is 7.63. The summed E-state index contributed by atoms with van der Waals surface area (Å²) in [4.78, 5) is 11.5. The summed E-state index contributed by atoms with van der Waals surface area (Å²) in [6, 6.07) is 11.8. The van der Waals surface area contributed by atoms with E-state index in [0.29, 0.717) is 15.7 Å². The highest BCUT2D eigenvalue weighted by atomic mass is 79.9. The van der Waals surface area contributed by atoms with E-state index in [0.717, 1.165) is 5.56 Å². The number of carbonyl (C=O) groups excluding carboxylic acids is 1. The lowest BCUT2D eigenvalue weighted by Gasteiger charge is -2.11. The van der Waals surface area contributed by atoms with Crippen LogP contribution in [-0.2, 0) is 21.2 Å². The van der Waals surface area contributed by atoms with Crippen molar-refractivity contribution in [3.63, 3.8) is 0 Å². The molecule has 2 rings (SSSR count). The molecule has 23 heavy (non-hydrogen) atoms. The maximum atomic E-state index is 12.5. The van der Waals surface area contributed by atoms with Crippen LogP contribution < -0.4 is 10.0 Å². The second-order valence-electron chi connectivity index (χ2n) is 5.06. The molecular weight excluding hydrogens is 380 g/mol. The minimum atomic E-state index is -3.67. The summed E-state index contributed by atoms with van der Waals surface area (Å²) in [5.41, 5.74) is 1.92. The van der Waals surface area contributed by atoms with E-state index in [1.807, 2.05) is 0 Å². The third-order valence-corrected chi connectivity index (χ3v) is 5.31. The van der Waals surface area contributed by atoms with Crippen molar-refractivity contribution in [3.05, 3.63) is 58.1 Å². The summed E-state index contributed by atoms with van der Waals surface area (Å²) >= 11 is 3.28. The number of rotatable bonds is 5. The third kappa shape index (κ3) is 4.56. The van der Waals surface area contributed by atoms with Crippen molar-refractivity contribution in [1.82, 2.24) is 5.32 Å². The molecule has 2 aromatic rings. The maximum absolute atomic E-state index is 12.5. The van der Waals surface area contributed by atoms with Gasteiger partial charge in [0.15, 0.2) is 0 Å². The highest BCUT2D eigenvalue weighted by Gasteiger charge is 2.17. The highest BCUT2D eigenvalue weighted by Crippen LogP contribution is 2.23. The molecule has 0 heterocycles. The van der Waals surface area contributed by atoms with Gasteiger partial charge in [-0.2, -0.15) is 0 Å². The molecule has 2 N–H and O–H groups in total. The number of likely N-dealkylation sites (N-methyl/N-ethyl adjacent to an activating group) is 1. The lowest BCUT2D eigenvalue weighted by Crippen LogP contribution is -2.20. The first-order chi connectivity index (χ1) is 10.8. The molecule has 1 amide bonds. The number of aryl methyl sites for hydroxylation is 1. The van der Waals surface area contributed by atoms with Gasteiger partial charge in [0.05, 0.1) is 11.3 Å². The molecule has 0 saturated heterocycles. The van der Waals surface area contributed by atoms with E-state index in [9.17, 15) is 13.2 Å².